The van der Waals surface area contributed by atoms with Crippen molar-refractivity contribution in [3.8, 4) is 6.07 Å². The third kappa shape index (κ3) is 5.80. The summed E-state index contributed by atoms with van der Waals surface area (Å²) >= 11 is 0. The van der Waals surface area contributed by atoms with Crippen LogP contribution in [0.5, 0.6) is 0 Å². The number of nitrogens with one attached hydrogen (secondary N) is 2. The molecule has 0 saturated heterocycles. The van der Waals surface area contributed by atoms with Crippen LogP contribution in [0.1, 0.15) is 31.7 Å². The number of carbonyl (C=O) groups excluding carboxylic acids is 1. The minimum atomic E-state index is -0.515. The van der Waals surface area contributed by atoms with E-state index in [1.165, 1.54) is 6.42 Å². The molecule has 0 aliphatic heterocycles. The molecule has 2 N–H and O–H groups in total. The second-order valence-electron chi connectivity index (χ2n) is 4.80. The van der Waals surface area contributed by atoms with Crippen LogP contribution in [0.2, 0.25) is 0 Å². The summed E-state index contributed by atoms with van der Waals surface area (Å²) in [7, 11) is 0. The predicted octanol–water partition coefficient (Wildman–Crippen LogP) is 3.01. The Labute approximate surface area is 131 Å². The van der Waals surface area contributed by atoms with Gasteiger partial charge in [-0.25, -0.2) is 0 Å². The van der Waals surface area contributed by atoms with E-state index in [-0.39, 0.29) is 5.71 Å². The normalized spacial score (nSPS) is 10.6. The topological polar surface area (TPSA) is 77.3 Å². The lowest BCUT2D eigenvalue weighted by atomic mass is 10.1. The highest BCUT2D eigenvalue weighted by atomic mass is 16.1. The molecule has 0 aliphatic carbocycles. The van der Waals surface area contributed by atoms with Crippen molar-refractivity contribution in [2.24, 2.45) is 5.10 Å². The quantitative estimate of drug-likeness (QED) is 0.318. The summed E-state index contributed by atoms with van der Waals surface area (Å²) in [4.78, 5) is 11.7. The maximum atomic E-state index is 11.7. The fourth-order valence-electron chi connectivity index (χ4n) is 1.90. The molecule has 0 bridgehead atoms. The molecule has 22 heavy (non-hydrogen) atoms. The van der Waals surface area contributed by atoms with E-state index in [0.29, 0.717) is 6.54 Å². The third-order valence-corrected chi connectivity index (χ3v) is 3.08. The largest absolute Gasteiger partial charge is 0.347 e. The van der Waals surface area contributed by atoms with E-state index in [4.69, 9.17) is 5.26 Å². The van der Waals surface area contributed by atoms with Gasteiger partial charge in [0.1, 0.15) is 6.07 Å². The number of carbonyl (C=O) groups is 1. The molecule has 1 aromatic carbocycles. The van der Waals surface area contributed by atoms with Gasteiger partial charge in [0.25, 0.3) is 5.91 Å². The minimum Gasteiger partial charge on any atom is -0.347 e. The van der Waals surface area contributed by atoms with E-state index < -0.39 is 5.91 Å². The average Bonchev–Trinajstić information content (AvgIpc) is 2.55. The van der Waals surface area contributed by atoms with Gasteiger partial charge in [-0.2, -0.15) is 10.4 Å². The summed E-state index contributed by atoms with van der Waals surface area (Å²) in [6.07, 6.45) is 5.92. The SMILES string of the molecule is C=CCNC(=O)/C(C#N)=N\Nc1ccccc1CCCCC. The van der Waals surface area contributed by atoms with Gasteiger partial charge >= 0.3 is 0 Å². The smallest absolute Gasteiger partial charge is 0.282 e. The van der Waals surface area contributed by atoms with E-state index in [9.17, 15) is 4.79 Å². The molecule has 1 amide bonds. The molecule has 0 aliphatic rings. The van der Waals surface area contributed by atoms with Crippen LogP contribution in [0.25, 0.3) is 0 Å². The van der Waals surface area contributed by atoms with Gasteiger partial charge in [0, 0.05) is 6.54 Å². The minimum absolute atomic E-state index is 0.204. The molecule has 5 heteroatoms. The standard InChI is InChI=1S/C17H22N4O/c1-3-5-6-9-14-10-7-8-11-15(14)20-21-16(13-18)17(22)19-12-4-2/h4,7-8,10-11,20H,2-3,5-6,9,12H2,1H3,(H,19,22)/b21-16-. The molecule has 0 radical (unpaired) electrons. The number of rotatable bonds is 9. The van der Waals surface area contributed by atoms with Crippen LogP contribution < -0.4 is 10.7 Å². The number of hydrogen-bond donors (Lipinski definition) is 2. The lowest BCUT2D eigenvalue weighted by Crippen LogP contribution is -2.30. The molecule has 0 heterocycles. The van der Waals surface area contributed by atoms with Gasteiger partial charge in [-0.15, -0.1) is 6.58 Å². The van der Waals surface area contributed by atoms with Gasteiger partial charge in [-0.3, -0.25) is 10.2 Å². The molecule has 0 fully saturated rings. The molecule has 0 saturated carbocycles. The van der Waals surface area contributed by atoms with Crippen LogP contribution in [0.15, 0.2) is 42.0 Å². The lowest BCUT2D eigenvalue weighted by Gasteiger charge is -2.08. The second kappa shape index (κ2) is 10.2. The number of anilines is 1. The van der Waals surface area contributed by atoms with Gasteiger partial charge < -0.3 is 5.32 Å². The highest BCUT2D eigenvalue weighted by Gasteiger charge is 2.10. The van der Waals surface area contributed by atoms with Crippen LogP contribution >= 0.6 is 0 Å². The first kappa shape index (κ1) is 17.4. The fraction of sp³-hybridized carbons (Fsp3) is 0.353. The van der Waals surface area contributed by atoms with Gasteiger partial charge in [0.15, 0.2) is 0 Å². The van der Waals surface area contributed by atoms with Crippen molar-refractivity contribution in [1.29, 1.82) is 5.26 Å². The molecule has 0 spiro atoms. The lowest BCUT2D eigenvalue weighted by molar-refractivity contribution is -0.114. The van der Waals surface area contributed by atoms with Crippen molar-refractivity contribution in [2.45, 2.75) is 32.6 Å². The first-order valence-corrected chi connectivity index (χ1v) is 7.43. The van der Waals surface area contributed by atoms with Gasteiger partial charge in [0.2, 0.25) is 5.71 Å². The predicted molar refractivity (Wildman–Crippen MR) is 89.5 cm³/mol. The number of aryl methyl sites for hydroxylation is 1. The zero-order valence-corrected chi connectivity index (χ0v) is 12.9. The molecule has 0 atom stereocenters. The Morgan fingerprint density at radius 3 is 2.86 bits per heavy atom. The molecule has 0 unspecified atom stereocenters. The Kier molecular flexibility index (Phi) is 8.06. The van der Waals surface area contributed by atoms with E-state index in [1.54, 1.807) is 12.1 Å². The number of para-hydroxylation sites is 1. The van der Waals surface area contributed by atoms with Crippen LogP contribution in [0, 0.1) is 11.3 Å². The van der Waals surface area contributed by atoms with E-state index >= 15 is 0 Å². The second-order valence-corrected chi connectivity index (χ2v) is 4.80. The molecule has 5 nitrogen and oxygen atoms in total. The van der Waals surface area contributed by atoms with Crippen LogP contribution in [-0.2, 0) is 11.2 Å². The van der Waals surface area contributed by atoms with Crippen molar-refractivity contribution in [2.75, 3.05) is 12.0 Å². The molecular weight excluding hydrogens is 276 g/mol. The third-order valence-electron chi connectivity index (χ3n) is 3.08. The summed E-state index contributed by atoms with van der Waals surface area (Å²) in [5.41, 5.74) is 4.57. The highest BCUT2D eigenvalue weighted by Crippen LogP contribution is 2.17. The Morgan fingerprint density at radius 2 is 2.18 bits per heavy atom. The number of benzene rings is 1. The van der Waals surface area contributed by atoms with Crippen LogP contribution in [0.3, 0.4) is 0 Å². The van der Waals surface area contributed by atoms with E-state index in [2.05, 4.69) is 29.3 Å². The number of nitrogens with zero attached hydrogens (tertiary/aromatic N) is 2. The van der Waals surface area contributed by atoms with Crippen LogP contribution in [0.4, 0.5) is 5.69 Å². The Balaban J connectivity index is 2.76. The van der Waals surface area contributed by atoms with Crippen molar-refractivity contribution in [3.05, 3.63) is 42.5 Å². The fourth-order valence-corrected chi connectivity index (χ4v) is 1.90. The average molecular weight is 298 g/mol. The molecule has 0 aromatic heterocycles. The summed E-state index contributed by atoms with van der Waals surface area (Å²) in [5, 5.41) is 15.4. The van der Waals surface area contributed by atoms with Crippen LogP contribution in [-0.4, -0.2) is 18.2 Å². The van der Waals surface area contributed by atoms with Crippen molar-refractivity contribution < 1.29 is 4.79 Å². The monoisotopic (exact) mass is 298 g/mol. The molecule has 1 aromatic rings. The van der Waals surface area contributed by atoms with Crippen molar-refractivity contribution in [1.82, 2.24) is 5.32 Å². The Hall–Kier alpha value is -2.61. The number of nitriles is 1. The number of unbranched alkanes of at least 4 members (excludes halogenated alkanes) is 2. The van der Waals surface area contributed by atoms with E-state index in [0.717, 1.165) is 30.5 Å². The number of hydrogen-bond acceptors (Lipinski definition) is 4. The van der Waals surface area contributed by atoms with Crippen molar-refractivity contribution >= 4 is 17.3 Å². The first-order chi connectivity index (χ1) is 10.7. The zero-order valence-electron chi connectivity index (χ0n) is 12.9. The van der Waals surface area contributed by atoms with Gasteiger partial charge in [-0.05, 0) is 24.5 Å². The maximum Gasteiger partial charge on any atom is 0.282 e. The number of hydrazone groups is 1. The number of amides is 1. The van der Waals surface area contributed by atoms with Gasteiger partial charge in [-0.1, -0.05) is 44.0 Å². The summed E-state index contributed by atoms with van der Waals surface area (Å²) in [5.74, 6) is -0.515. The molecule has 116 valence electrons. The van der Waals surface area contributed by atoms with Gasteiger partial charge in [0.05, 0.1) is 5.69 Å². The summed E-state index contributed by atoms with van der Waals surface area (Å²) < 4.78 is 0. The molecular formula is C17H22N4O. The Morgan fingerprint density at radius 1 is 1.41 bits per heavy atom. The Bertz CT molecular complexity index is 572. The summed E-state index contributed by atoms with van der Waals surface area (Å²) in [6, 6.07) is 9.57. The first-order valence-electron chi connectivity index (χ1n) is 7.43. The van der Waals surface area contributed by atoms with Crippen molar-refractivity contribution in [3.63, 3.8) is 0 Å². The maximum absolute atomic E-state index is 11.7. The highest BCUT2D eigenvalue weighted by molar-refractivity contribution is 6.45. The molecule has 1 rings (SSSR count). The zero-order chi connectivity index (χ0) is 16.2. The van der Waals surface area contributed by atoms with E-state index in [1.807, 2.05) is 24.3 Å². The summed E-state index contributed by atoms with van der Waals surface area (Å²) in [6.45, 7) is 5.97.